The molecule has 3 heteroatoms. The van der Waals surface area contributed by atoms with Gasteiger partial charge in [0.2, 0.25) is 0 Å². The van der Waals surface area contributed by atoms with Crippen molar-refractivity contribution >= 4 is 22.5 Å². The van der Waals surface area contributed by atoms with Gasteiger partial charge in [-0.05, 0) is 0 Å². The van der Waals surface area contributed by atoms with Gasteiger partial charge in [0.15, 0.2) is 0 Å². The van der Waals surface area contributed by atoms with Gasteiger partial charge in [-0.3, -0.25) is 0 Å². The van der Waals surface area contributed by atoms with Crippen LogP contribution in [-0.4, -0.2) is 27.9 Å². The summed E-state index contributed by atoms with van der Waals surface area (Å²) >= 11 is 0.595. The summed E-state index contributed by atoms with van der Waals surface area (Å²) in [5.41, 5.74) is 1.09. The zero-order chi connectivity index (χ0) is 6.57. The molecule has 0 aliphatic carbocycles. The molecule has 0 unspecified atom stereocenters. The Kier molecular flexibility index (Phi) is 3.60. The molecule has 0 atom stereocenters. The minimum absolute atomic E-state index is 0.266. The van der Waals surface area contributed by atoms with Crippen LogP contribution in [0.2, 0.25) is 0 Å². The van der Waals surface area contributed by atoms with Gasteiger partial charge >= 0.3 is 56.5 Å². The molecule has 2 nitrogen and oxygen atoms in total. The molecule has 0 saturated carbocycles. The first kappa shape index (κ1) is 7.75. The molecule has 0 aromatic carbocycles. The predicted molar refractivity (Wildman–Crippen MR) is 35.7 cm³/mol. The monoisotopic (exact) mass is 176 g/mol. The number of ether oxygens (including phenoxy) is 1. The first-order valence-electron chi connectivity index (χ1n) is 2.51. The molecule has 0 rings (SSSR count). The van der Waals surface area contributed by atoms with E-state index in [1.807, 2.05) is 0 Å². The fourth-order valence-corrected chi connectivity index (χ4v) is 0.804. The number of hydrogen-bond donors (Lipinski definition) is 0. The Bertz CT molecular complexity index is 109. The van der Waals surface area contributed by atoms with E-state index in [1.54, 1.807) is 6.92 Å². The molecule has 8 heavy (non-hydrogen) atoms. The fraction of sp³-hybridized carbons (Fsp3) is 0.400. The van der Waals surface area contributed by atoms with Crippen molar-refractivity contribution in [3.05, 3.63) is 12.2 Å². The second kappa shape index (κ2) is 3.72. The van der Waals surface area contributed by atoms with Crippen molar-refractivity contribution < 1.29 is 9.53 Å². The van der Waals surface area contributed by atoms with Crippen LogP contribution in [0.25, 0.3) is 0 Å². The van der Waals surface area contributed by atoms with Crippen molar-refractivity contribution in [2.24, 2.45) is 0 Å². The van der Waals surface area contributed by atoms with Crippen LogP contribution < -0.4 is 0 Å². The first-order valence-corrected chi connectivity index (χ1v) is 5.47. The summed E-state index contributed by atoms with van der Waals surface area (Å²) in [7, 11) is 0. The van der Waals surface area contributed by atoms with E-state index >= 15 is 0 Å². The Hall–Kier alpha value is -0.247. The first-order chi connectivity index (χ1) is 3.68. The van der Waals surface area contributed by atoms with Crippen molar-refractivity contribution in [3.63, 3.8) is 0 Å². The molecular weight excluding hydrogens is 165 g/mol. The van der Waals surface area contributed by atoms with Crippen LogP contribution in [0.15, 0.2) is 12.2 Å². The van der Waals surface area contributed by atoms with Gasteiger partial charge in [-0.25, -0.2) is 0 Å². The Morgan fingerprint density at radius 2 is 2.38 bits per heavy atom. The standard InChI is InChI=1S/C5H10GeO2/c1-4(2)5(7)8-3-6/h1,3H2,2,6H3. The van der Waals surface area contributed by atoms with Gasteiger partial charge in [0, 0.05) is 0 Å². The average molecular weight is 175 g/mol. The molecule has 0 heterocycles. The predicted octanol–water partition coefficient (Wildman–Crippen LogP) is -0.571. The number of rotatable bonds is 2. The van der Waals surface area contributed by atoms with E-state index in [0.717, 1.165) is 0 Å². The van der Waals surface area contributed by atoms with Crippen LogP contribution in [0.3, 0.4) is 0 Å². The summed E-state index contributed by atoms with van der Waals surface area (Å²) in [6.45, 7) is 5.06. The molecule has 0 radical (unpaired) electrons. The maximum atomic E-state index is 10.5. The molecule has 0 aliphatic rings. The van der Waals surface area contributed by atoms with Gasteiger partial charge in [-0.1, -0.05) is 0 Å². The van der Waals surface area contributed by atoms with Gasteiger partial charge in [0.25, 0.3) is 0 Å². The van der Waals surface area contributed by atoms with E-state index in [0.29, 0.717) is 27.5 Å². The van der Waals surface area contributed by atoms with E-state index in [1.165, 1.54) is 0 Å². The number of hydrogen-bond acceptors (Lipinski definition) is 2. The summed E-state index contributed by atoms with van der Waals surface area (Å²) in [4.78, 5) is 10.5. The second-order valence-corrected chi connectivity index (χ2v) is 2.71. The van der Waals surface area contributed by atoms with Gasteiger partial charge in [-0.15, -0.1) is 0 Å². The van der Waals surface area contributed by atoms with E-state index in [4.69, 9.17) is 0 Å². The van der Waals surface area contributed by atoms with E-state index in [-0.39, 0.29) is 5.97 Å². The van der Waals surface area contributed by atoms with Crippen molar-refractivity contribution in [2.75, 3.05) is 5.44 Å². The van der Waals surface area contributed by atoms with Crippen LogP contribution in [-0.2, 0) is 9.53 Å². The molecule has 0 bridgehead atoms. The third-order valence-corrected chi connectivity index (χ3v) is 1.23. The molecule has 0 fully saturated rings. The Morgan fingerprint density at radius 1 is 1.88 bits per heavy atom. The molecule has 0 amide bonds. The van der Waals surface area contributed by atoms with Crippen LogP contribution in [0, 0.1) is 0 Å². The second-order valence-electron chi connectivity index (χ2n) is 1.50. The maximum absolute atomic E-state index is 10.5. The number of carbonyl (C=O) groups is 1. The Balaban J connectivity index is 3.49. The van der Waals surface area contributed by atoms with E-state index in [9.17, 15) is 4.79 Å². The van der Waals surface area contributed by atoms with E-state index < -0.39 is 0 Å². The average Bonchev–Trinajstić information content (AvgIpc) is 1.67. The zero-order valence-electron chi connectivity index (χ0n) is 5.23. The zero-order valence-corrected chi connectivity index (χ0v) is 9.43. The molecule has 0 aromatic rings. The quantitative estimate of drug-likeness (QED) is 0.319. The summed E-state index contributed by atoms with van der Waals surface area (Å²) in [5.74, 6) is -0.266. The normalized spacial score (nSPS) is 8.62. The molecule has 0 aromatic heterocycles. The SMILES string of the molecule is C=C(C)C(=O)O[CH2][GeH3]. The van der Waals surface area contributed by atoms with Gasteiger partial charge in [0.1, 0.15) is 0 Å². The summed E-state index contributed by atoms with van der Waals surface area (Å²) in [6.07, 6.45) is 0. The third-order valence-electron chi connectivity index (χ3n) is 0.624. The van der Waals surface area contributed by atoms with Crippen molar-refractivity contribution in [3.8, 4) is 0 Å². The van der Waals surface area contributed by atoms with E-state index in [2.05, 4.69) is 11.3 Å². The molecule has 0 spiro atoms. The van der Waals surface area contributed by atoms with Gasteiger partial charge < -0.3 is 0 Å². The van der Waals surface area contributed by atoms with Crippen molar-refractivity contribution in [1.82, 2.24) is 0 Å². The summed E-state index contributed by atoms with van der Waals surface area (Å²) in [5, 5.41) is 0. The number of esters is 1. The number of carbonyl (C=O) groups excluding carboxylic acids is 1. The molecule has 0 saturated heterocycles. The third kappa shape index (κ3) is 2.85. The van der Waals surface area contributed by atoms with Gasteiger partial charge in [0.05, 0.1) is 0 Å². The topological polar surface area (TPSA) is 26.3 Å². The summed E-state index contributed by atoms with van der Waals surface area (Å²) in [6, 6.07) is 0. The Morgan fingerprint density at radius 3 is 2.50 bits per heavy atom. The van der Waals surface area contributed by atoms with Crippen LogP contribution >= 0.6 is 0 Å². The molecule has 0 N–H and O–H groups in total. The van der Waals surface area contributed by atoms with Crippen LogP contribution in [0.4, 0.5) is 0 Å². The molecule has 46 valence electrons. The van der Waals surface area contributed by atoms with Crippen LogP contribution in [0.1, 0.15) is 6.92 Å². The van der Waals surface area contributed by atoms with Crippen molar-refractivity contribution in [1.29, 1.82) is 0 Å². The fourth-order valence-electron chi connectivity index (χ4n) is 0.254. The van der Waals surface area contributed by atoms with Crippen LogP contribution in [0.5, 0.6) is 0 Å². The minimum atomic E-state index is -0.266. The molecule has 0 aliphatic heterocycles. The molecular formula is C5H10GeO2. The summed E-state index contributed by atoms with van der Waals surface area (Å²) < 4.78 is 4.65. The Labute approximate surface area is 57.1 Å². The van der Waals surface area contributed by atoms with Gasteiger partial charge in [-0.2, -0.15) is 0 Å². The van der Waals surface area contributed by atoms with Crippen molar-refractivity contribution in [2.45, 2.75) is 6.92 Å².